The summed E-state index contributed by atoms with van der Waals surface area (Å²) in [6.07, 6.45) is 7.12. The van der Waals surface area contributed by atoms with E-state index in [1.165, 1.54) is 12.8 Å². The number of carbonyl (C=O) groups excluding carboxylic acids is 1. The van der Waals surface area contributed by atoms with Gasteiger partial charge in [0.05, 0.1) is 36.8 Å². The van der Waals surface area contributed by atoms with E-state index in [-0.39, 0.29) is 11.9 Å². The van der Waals surface area contributed by atoms with Gasteiger partial charge in [-0.15, -0.1) is 0 Å². The van der Waals surface area contributed by atoms with Crippen LogP contribution in [0.1, 0.15) is 46.8 Å². The fraction of sp³-hybridized carbons (Fsp3) is 0.579. The first-order chi connectivity index (χ1) is 12.1. The molecule has 6 nitrogen and oxygen atoms in total. The minimum Gasteiger partial charge on any atom is -0.466 e. The van der Waals surface area contributed by atoms with Crippen LogP contribution in [0.2, 0.25) is 0 Å². The highest BCUT2D eigenvalue weighted by atomic mass is 16.5. The van der Waals surface area contributed by atoms with Crippen LogP contribution in [0.5, 0.6) is 0 Å². The maximum Gasteiger partial charge on any atom is 0.258 e. The standard InChI is InChI=1S/C19H25N3O3/c1-13-7-18(14(2)25-13)19(23)22-9-17-8-20-12-21(17)6-5-16(22)11-24-10-15-3-4-15/h7-8,12,15-16H,3-6,9-11H2,1-2H3/t16-/m0/s1. The molecule has 0 radical (unpaired) electrons. The van der Waals surface area contributed by atoms with Gasteiger partial charge in [0.25, 0.3) is 5.91 Å². The SMILES string of the molecule is Cc1cc(C(=O)N2Cc3cncn3CC[C@H]2COCC2CC2)c(C)o1. The van der Waals surface area contributed by atoms with E-state index in [0.29, 0.717) is 24.5 Å². The van der Waals surface area contributed by atoms with Crippen molar-refractivity contribution >= 4 is 5.91 Å². The Labute approximate surface area is 147 Å². The molecule has 0 aromatic carbocycles. The Hall–Kier alpha value is -2.08. The molecule has 1 aliphatic heterocycles. The molecule has 134 valence electrons. The summed E-state index contributed by atoms with van der Waals surface area (Å²) in [5.74, 6) is 2.19. The summed E-state index contributed by atoms with van der Waals surface area (Å²) in [5, 5.41) is 0. The van der Waals surface area contributed by atoms with Crippen LogP contribution in [0.25, 0.3) is 0 Å². The lowest BCUT2D eigenvalue weighted by Gasteiger charge is -2.29. The number of imidazole rings is 1. The van der Waals surface area contributed by atoms with Crippen molar-refractivity contribution < 1.29 is 13.9 Å². The van der Waals surface area contributed by atoms with E-state index in [9.17, 15) is 4.79 Å². The van der Waals surface area contributed by atoms with Crippen molar-refractivity contribution in [2.24, 2.45) is 5.92 Å². The van der Waals surface area contributed by atoms with Crippen molar-refractivity contribution in [2.45, 2.75) is 52.2 Å². The van der Waals surface area contributed by atoms with Crippen LogP contribution in [-0.2, 0) is 17.8 Å². The van der Waals surface area contributed by atoms with Crippen molar-refractivity contribution in [3.05, 3.63) is 41.4 Å². The Morgan fingerprint density at radius 3 is 2.88 bits per heavy atom. The number of nitrogens with zero attached hydrogens (tertiary/aromatic N) is 3. The van der Waals surface area contributed by atoms with Crippen LogP contribution in [0.15, 0.2) is 23.0 Å². The molecule has 2 aliphatic rings. The lowest BCUT2D eigenvalue weighted by Crippen LogP contribution is -2.42. The predicted molar refractivity (Wildman–Crippen MR) is 92.2 cm³/mol. The molecule has 0 N–H and O–H groups in total. The second kappa shape index (κ2) is 6.67. The molecule has 4 rings (SSSR count). The minimum atomic E-state index is 0.0176. The minimum absolute atomic E-state index is 0.0176. The molecule has 0 unspecified atom stereocenters. The Morgan fingerprint density at radius 1 is 1.32 bits per heavy atom. The molecule has 6 heteroatoms. The number of furan rings is 1. The van der Waals surface area contributed by atoms with Gasteiger partial charge in [-0.25, -0.2) is 4.98 Å². The second-order valence-corrected chi connectivity index (χ2v) is 7.26. The van der Waals surface area contributed by atoms with Gasteiger partial charge in [-0.05, 0) is 45.1 Å². The van der Waals surface area contributed by atoms with Gasteiger partial charge in [0.1, 0.15) is 11.5 Å². The molecule has 1 amide bonds. The number of ether oxygens (including phenoxy) is 1. The van der Waals surface area contributed by atoms with Crippen LogP contribution in [0, 0.1) is 19.8 Å². The number of fused-ring (bicyclic) bond motifs is 1. The van der Waals surface area contributed by atoms with Crippen LogP contribution >= 0.6 is 0 Å². The van der Waals surface area contributed by atoms with Gasteiger partial charge in [0, 0.05) is 19.3 Å². The van der Waals surface area contributed by atoms with E-state index in [1.807, 2.05) is 37.3 Å². The molecular weight excluding hydrogens is 318 g/mol. The van der Waals surface area contributed by atoms with E-state index in [0.717, 1.165) is 36.9 Å². The first kappa shape index (κ1) is 16.4. The molecule has 1 fully saturated rings. The average Bonchev–Trinajstić information content (AvgIpc) is 3.25. The molecule has 1 atom stereocenters. The summed E-state index contributed by atoms with van der Waals surface area (Å²) in [7, 11) is 0. The Kier molecular flexibility index (Phi) is 4.37. The van der Waals surface area contributed by atoms with Gasteiger partial charge in [-0.3, -0.25) is 4.79 Å². The third-order valence-electron chi connectivity index (χ3n) is 5.17. The lowest BCUT2D eigenvalue weighted by atomic mass is 10.1. The fourth-order valence-corrected chi connectivity index (χ4v) is 3.49. The molecule has 0 bridgehead atoms. The van der Waals surface area contributed by atoms with Crippen molar-refractivity contribution in [1.29, 1.82) is 0 Å². The molecule has 25 heavy (non-hydrogen) atoms. The highest BCUT2D eigenvalue weighted by Crippen LogP contribution is 2.29. The van der Waals surface area contributed by atoms with Gasteiger partial charge >= 0.3 is 0 Å². The van der Waals surface area contributed by atoms with E-state index >= 15 is 0 Å². The third kappa shape index (κ3) is 3.49. The number of amides is 1. The van der Waals surface area contributed by atoms with Crippen LogP contribution in [0.3, 0.4) is 0 Å². The van der Waals surface area contributed by atoms with Gasteiger partial charge < -0.3 is 18.6 Å². The summed E-state index contributed by atoms with van der Waals surface area (Å²) in [6.45, 7) is 6.55. The van der Waals surface area contributed by atoms with E-state index in [1.54, 1.807) is 0 Å². The molecule has 2 aromatic rings. The molecule has 2 aromatic heterocycles. The Bertz CT molecular complexity index is 760. The van der Waals surface area contributed by atoms with Crippen molar-refractivity contribution in [1.82, 2.24) is 14.5 Å². The number of carbonyl (C=O) groups is 1. The number of hydrogen-bond acceptors (Lipinski definition) is 4. The van der Waals surface area contributed by atoms with Crippen LogP contribution in [0.4, 0.5) is 0 Å². The summed E-state index contributed by atoms with van der Waals surface area (Å²) in [5.41, 5.74) is 1.72. The summed E-state index contributed by atoms with van der Waals surface area (Å²) in [6, 6.07) is 1.91. The van der Waals surface area contributed by atoms with Crippen LogP contribution in [-0.4, -0.2) is 39.6 Å². The Morgan fingerprint density at radius 2 is 2.16 bits per heavy atom. The van der Waals surface area contributed by atoms with Crippen molar-refractivity contribution in [3.63, 3.8) is 0 Å². The maximum atomic E-state index is 13.2. The second-order valence-electron chi connectivity index (χ2n) is 7.26. The normalized spacial score (nSPS) is 20.4. The van der Waals surface area contributed by atoms with Crippen molar-refractivity contribution in [2.75, 3.05) is 13.2 Å². The van der Waals surface area contributed by atoms with Gasteiger partial charge in [-0.2, -0.15) is 0 Å². The molecule has 0 saturated heterocycles. The largest absolute Gasteiger partial charge is 0.466 e. The van der Waals surface area contributed by atoms with Crippen LogP contribution < -0.4 is 0 Å². The summed E-state index contributed by atoms with van der Waals surface area (Å²) < 4.78 is 13.6. The zero-order valence-electron chi connectivity index (χ0n) is 14.9. The number of aryl methyl sites for hydroxylation is 3. The first-order valence-electron chi connectivity index (χ1n) is 9.06. The highest BCUT2D eigenvalue weighted by molar-refractivity contribution is 5.95. The van der Waals surface area contributed by atoms with E-state index in [4.69, 9.17) is 9.15 Å². The molecule has 3 heterocycles. The molecule has 0 spiro atoms. The molecular formula is C19H25N3O3. The van der Waals surface area contributed by atoms with Gasteiger partial charge in [0.15, 0.2) is 0 Å². The predicted octanol–water partition coefficient (Wildman–Crippen LogP) is 2.93. The summed E-state index contributed by atoms with van der Waals surface area (Å²) in [4.78, 5) is 19.4. The van der Waals surface area contributed by atoms with Gasteiger partial charge in [-0.1, -0.05) is 0 Å². The quantitative estimate of drug-likeness (QED) is 0.837. The summed E-state index contributed by atoms with van der Waals surface area (Å²) >= 11 is 0. The van der Waals surface area contributed by atoms with E-state index < -0.39 is 0 Å². The van der Waals surface area contributed by atoms with Crippen molar-refractivity contribution in [3.8, 4) is 0 Å². The molecule has 1 saturated carbocycles. The zero-order chi connectivity index (χ0) is 17.4. The Balaban J connectivity index is 1.55. The smallest absolute Gasteiger partial charge is 0.258 e. The number of rotatable bonds is 5. The van der Waals surface area contributed by atoms with Gasteiger partial charge in [0.2, 0.25) is 0 Å². The lowest BCUT2D eigenvalue weighted by molar-refractivity contribution is 0.0369. The van der Waals surface area contributed by atoms with E-state index in [2.05, 4.69) is 9.55 Å². The fourth-order valence-electron chi connectivity index (χ4n) is 3.49. The average molecular weight is 343 g/mol. The topological polar surface area (TPSA) is 60.5 Å². The molecule has 1 aliphatic carbocycles. The number of hydrogen-bond donors (Lipinski definition) is 0. The maximum absolute atomic E-state index is 13.2. The monoisotopic (exact) mass is 343 g/mol. The zero-order valence-corrected chi connectivity index (χ0v) is 14.9. The number of aromatic nitrogens is 2. The highest BCUT2D eigenvalue weighted by Gasteiger charge is 2.31. The third-order valence-corrected chi connectivity index (χ3v) is 5.17. The first-order valence-corrected chi connectivity index (χ1v) is 9.06.